The number of anilines is 1. The van der Waals surface area contributed by atoms with Crippen LogP contribution in [-0.2, 0) is 4.79 Å². The minimum Gasteiger partial charge on any atom is -0.356 e. The van der Waals surface area contributed by atoms with Gasteiger partial charge in [0.2, 0.25) is 5.91 Å². The molecular formula is C18H27ClN4O. The summed E-state index contributed by atoms with van der Waals surface area (Å²) in [5.74, 6) is 1.31. The first-order chi connectivity index (χ1) is 11.5. The lowest BCUT2D eigenvalue weighted by molar-refractivity contribution is -0.138. The Morgan fingerprint density at radius 3 is 2.83 bits per heavy atom. The zero-order valence-electron chi connectivity index (χ0n) is 14.7. The lowest BCUT2D eigenvalue weighted by atomic mass is 9.73. The van der Waals surface area contributed by atoms with Gasteiger partial charge >= 0.3 is 0 Å². The minimum atomic E-state index is 0.208. The Labute approximate surface area is 149 Å². The number of hydrogen-bond acceptors (Lipinski definition) is 4. The van der Waals surface area contributed by atoms with Crippen molar-refractivity contribution in [2.75, 3.05) is 51.7 Å². The zero-order valence-corrected chi connectivity index (χ0v) is 15.4. The molecule has 2 aliphatic heterocycles. The first kappa shape index (κ1) is 17.5. The highest BCUT2D eigenvalue weighted by Crippen LogP contribution is 2.39. The molecule has 0 saturated carbocycles. The van der Waals surface area contributed by atoms with Gasteiger partial charge in [-0.05, 0) is 45.5 Å². The van der Waals surface area contributed by atoms with Gasteiger partial charge in [0.25, 0.3) is 0 Å². The van der Waals surface area contributed by atoms with Crippen molar-refractivity contribution in [1.29, 1.82) is 0 Å². The summed E-state index contributed by atoms with van der Waals surface area (Å²) in [6, 6.07) is 3.90. The van der Waals surface area contributed by atoms with E-state index in [9.17, 15) is 4.79 Å². The van der Waals surface area contributed by atoms with E-state index < -0.39 is 0 Å². The Balaban J connectivity index is 1.69. The molecule has 5 nitrogen and oxygen atoms in total. The minimum absolute atomic E-state index is 0.208. The number of carbonyl (C=O) groups is 1. The summed E-state index contributed by atoms with van der Waals surface area (Å²) in [5, 5.41) is 0.670. The van der Waals surface area contributed by atoms with Crippen molar-refractivity contribution in [3.63, 3.8) is 0 Å². The van der Waals surface area contributed by atoms with Crippen molar-refractivity contribution in [2.24, 2.45) is 5.41 Å². The van der Waals surface area contributed by atoms with Gasteiger partial charge in [0, 0.05) is 50.8 Å². The van der Waals surface area contributed by atoms with Crippen LogP contribution in [0, 0.1) is 5.41 Å². The monoisotopic (exact) mass is 350 g/mol. The number of rotatable bonds is 4. The molecule has 2 fully saturated rings. The molecule has 0 aliphatic carbocycles. The topological polar surface area (TPSA) is 39.7 Å². The van der Waals surface area contributed by atoms with E-state index in [2.05, 4.69) is 33.8 Å². The van der Waals surface area contributed by atoms with Gasteiger partial charge in [0.15, 0.2) is 0 Å². The van der Waals surface area contributed by atoms with Crippen LogP contribution in [0.1, 0.15) is 25.7 Å². The van der Waals surface area contributed by atoms with Crippen molar-refractivity contribution < 1.29 is 4.79 Å². The summed E-state index contributed by atoms with van der Waals surface area (Å²) in [4.78, 5) is 23.3. The second-order valence-electron chi connectivity index (χ2n) is 7.48. The van der Waals surface area contributed by atoms with E-state index in [4.69, 9.17) is 11.6 Å². The summed E-state index contributed by atoms with van der Waals surface area (Å²) in [7, 11) is 4.11. The summed E-state index contributed by atoms with van der Waals surface area (Å²) in [6.45, 7) is 4.64. The molecule has 1 atom stereocenters. The highest BCUT2D eigenvalue weighted by Gasteiger charge is 2.41. The number of piperidine rings is 2. The van der Waals surface area contributed by atoms with Crippen molar-refractivity contribution in [2.45, 2.75) is 25.7 Å². The summed E-state index contributed by atoms with van der Waals surface area (Å²) >= 11 is 5.96. The quantitative estimate of drug-likeness (QED) is 0.836. The second kappa shape index (κ2) is 7.28. The number of aromatic nitrogens is 1. The Bertz CT molecular complexity index is 577. The number of nitrogens with zero attached hydrogens (tertiary/aromatic N) is 4. The van der Waals surface area contributed by atoms with Gasteiger partial charge in [-0.1, -0.05) is 11.6 Å². The van der Waals surface area contributed by atoms with Crippen LogP contribution in [0.25, 0.3) is 0 Å². The molecule has 1 spiro atoms. The maximum Gasteiger partial charge on any atom is 0.222 e. The fourth-order valence-electron chi connectivity index (χ4n) is 3.92. The molecule has 132 valence electrons. The van der Waals surface area contributed by atoms with Crippen molar-refractivity contribution in [3.8, 4) is 0 Å². The molecule has 2 aliphatic rings. The van der Waals surface area contributed by atoms with Crippen LogP contribution in [-0.4, -0.2) is 67.5 Å². The third-order valence-corrected chi connectivity index (χ3v) is 5.49. The average Bonchev–Trinajstić information content (AvgIpc) is 2.57. The molecule has 6 heteroatoms. The maximum atomic E-state index is 12.3. The SMILES string of the molecule is CN(C)CCN1C[C@@]2(CCCN(c3ccc(Cl)cn3)C2)CCC1=O. The van der Waals surface area contributed by atoms with E-state index >= 15 is 0 Å². The highest BCUT2D eigenvalue weighted by atomic mass is 35.5. The number of pyridine rings is 1. The lowest BCUT2D eigenvalue weighted by Crippen LogP contribution is -2.55. The summed E-state index contributed by atoms with van der Waals surface area (Å²) < 4.78 is 0. The smallest absolute Gasteiger partial charge is 0.222 e. The van der Waals surface area contributed by atoms with Crippen molar-refractivity contribution in [1.82, 2.24) is 14.8 Å². The number of likely N-dealkylation sites (N-methyl/N-ethyl adjacent to an activating group) is 1. The summed E-state index contributed by atoms with van der Waals surface area (Å²) in [5.41, 5.74) is 0.208. The zero-order chi connectivity index (χ0) is 17.2. The normalized spacial score (nSPS) is 24.9. The molecule has 1 aromatic heterocycles. The Hall–Kier alpha value is -1.33. The van der Waals surface area contributed by atoms with Gasteiger partial charge in [-0.25, -0.2) is 4.98 Å². The van der Waals surface area contributed by atoms with E-state index in [0.717, 1.165) is 51.4 Å². The Morgan fingerprint density at radius 2 is 2.12 bits per heavy atom. The predicted molar refractivity (Wildman–Crippen MR) is 97.5 cm³/mol. The predicted octanol–water partition coefficient (Wildman–Crippen LogP) is 2.51. The molecule has 1 amide bonds. The number of halogens is 1. The van der Waals surface area contributed by atoms with E-state index in [1.807, 2.05) is 12.1 Å². The van der Waals surface area contributed by atoms with E-state index in [1.165, 1.54) is 6.42 Å². The lowest BCUT2D eigenvalue weighted by Gasteiger charge is -2.48. The third kappa shape index (κ3) is 4.01. The highest BCUT2D eigenvalue weighted by molar-refractivity contribution is 6.30. The Kier molecular flexibility index (Phi) is 5.30. The molecule has 0 aromatic carbocycles. The van der Waals surface area contributed by atoms with Crippen LogP contribution in [0.2, 0.25) is 5.02 Å². The first-order valence-electron chi connectivity index (χ1n) is 8.76. The van der Waals surface area contributed by atoms with Gasteiger partial charge in [-0.3, -0.25) is 4.79 Å². The van der Waals surface area contributed by atoms with Crippen LogP contribution in [0.3, 0.4) is 0 Å². The molecule has 1 aromatic rings. The van der Waals surface area contributed by atoms with Gasteiger partial charge < -0.3 is 14.7 Å². The number of carbonyl (C=O) groups excluding carboxylic acids is 1. The number of likely N-dealkylation sites (tertiary alicyclic amines) is 1. The van der Waals surface area contributed by atoms with Crippen LogP contribution < -0.4 is 4.90 Å². The van der Waals surface area contributed by atoms with Crippen LogP contribution >= 0.6 is 11.6 Å². The molecule has 0 bridgehead atoms. The first-order valence-corrected chi connectivity index (χ1v) is 9.14. The fourth-order valence-corrected chi connectivity index (χ4v) is 4.03. The number of hydrogen-bond donors (Lipinski definition) is 0. The van der Waals surface area contributed by atoms with E-state index in [-0.39, 0.29) is 5.41 Å². The van der Waals surface area contributed by atoms with Crippen molar-refractivity contribution >= 4 is 23.3 Å². The number of amides is 1. The standard InChI is InChI=1S/C18H27ClN4O/c1-21(2)10-11-23-14-18(8-6-17(23)24)7-3-9-22(13-18)16-5-4-15(19)12-20-16/h4-5,12H,3,6-11,13-14H2,1-2H3/t18-/m0/s1. The van der Waals surface area contributed by atoms with E-state index in [0.29, 0.717) is 17.4 Å². The van der Waals surface area contributed by atoms with Crippen LogP contribution in [0.15, 0.2) is 18.3 Å². The molecule has 3 heterocycles. The Morgan fingerprint density at radius 1 is 1.29 bits per heavy atom. The molecule has 0 unspecified atom stereocenters. The molecule has 0 N–H and O–H groups in total. The van der Waals surface area contributed by atoms with Crippen LogP contribution in [0.4, 0.5) is 5.82 Å². The second-order valence-corrected chi connectivity index (χ2v) is 7.91. The van der Waals surface area contributed by atoms with Crippen LogP contribution in [0.5, 0.6) is 0 Å². The average molecular weight is 351 g/mol. The molecule has 24 heavy (non-hydrogen) atoms. The summed E-state index contributed by atoms with van der Waals surface area (Å²) in [6.07, 6.45) is 5.73. The fraction of sp³-hybridized carbons (Fsp3) is 0.667. The van der Waals surface area contributed by atoms with E-state index in [1.54, 1.807) is 6.20 Å². The van der Waals surface area contributed by atoms with Gasteiger partial charge in [0.05, 0.1) is 5.02 Å². The largest absolute Gasteiger partial charge is 0.356 e. The molecular weight excluding hydrogens is 324 g/mol. The van der Waals surface area contributed by atoms with Gasteiger partial charge in [-0.2, -0.15) is 0 Å². The molecule has 0 radical (unpaired) electrons. The molecule has 2 saturated heterocycles. The van der Waals surface area contributed by atoms with Gasteiger partial charge in [0.1, 0.15) is 5.82 Å². The maximum absolute atomic E-state index is 12.3. The van der Waals surface area contributed by atoms with Gasteiger partial charge in [-0.15, -0.1) is 0 Å². The third-order valence-electron chi connectivity index (χ3n) is 5.26. The van der Waals surface area contributed by atoms with Crippen molar-refractivity contribution in [3.05, 3.63) is 23.4 Å². The molecule has 3 rings (SSSR count).